The molecule has 0 spiro atoms. The van der Waals surface area contributed by atoms with Gasteiger partial charge in [-0.2, -0.15) is 0 Å². The molecule has 160 valence electrons. The molecule has 0 radical (unpaired) electrons. The summed E-state index contributed by atoms with van der Waals surface area (Å²) in [6.45, 7) is 1.83. The van der Waals surface area contributed by atoms with Gasteiger partial charge in [0.1, 0.15) is 11.8 Å². The summed E-state index contributed by atoms with van der Waals surface area (Å²) in [5.41, 5.74) is 6.10. The molecule has 2 atom stereocenters. The van der Waals surface area contributed by atoms with Crippen LogP contribution < -0.4 is 15.8 Å². The summed E-state index contributed by atoms with van der Waals surface area (Å²) >= 11 is 0. The average molecular weight is 415 g/mol. The van der Waals surface area contributed by atoms with Crippen molar-refractivity contribution < 1.29 is 23.9 Å². The first kappa shape index (κ1) is 21.3. The second-order valence-electron chi connectivity index (χ2n) is 6.86. The number of benzene rings is 1. The predicted octanol–water partition coefficient (Wildman–Crippen LogP) is -0.381. The smallest absolute Gasteiger partial charge is 0.262 e. The van der Waals surface area contributed by atoms with E-state index in [1.54, 1.807) is 35.4 Å². The maximum atomic E-state index is 12.9. The van der Waals surface area contributed by atoms with Gasteiger partial charge in [0, 0.05) is 31.4 Å². The predicted molar refractivity (Wildman–Crippen MR) is 106 cm³/mol. The number of H-pyrrole nitrogens is 1. The standard InChI is InChI=1S/C20H25N5O5/c21-19(27)16(10-14-12-22-13-23-14)24-20(28)17(30-15-4-2-1-3-5-15)11-18(26)25-6-8-29-9-7-25/h1-5,12-13,16-17H,6-11H2,(H2,21,27)(H,22,23)(H,24,28)/t16-,17+/m0/s1. The number of aromatic nitrogens is 2. The van der Waals surface area contributed by atoms with Crippen molar-refractivity contribution in [3.63, 3.8) is 0 Å². The number of ether oxygens (including phenoxy) is 2. The lowest BCUT2D eigenvalue weighted by Gasteiger charge is -2.29. The number of aromatic amines is 1. The zero-order chi connectivity index (χ0) is 21.3. The molecule has 0 aliphatic carbocycles. The summed E-state index contributed by atoms with van der Waals surface area (Å²) in [6, 6.07) is 7.75. The molecule has 1 aliphatic rings. The van der Waals surface area contributed by atoms with E-state index in [2.05, 4.69) is 15.3 Å². The number of hydrogen-bond acceptors (Lipinski definition) is 6. The third-order valence-electron chi connectivity index (χ3n) is 4.68. The van der Waals surface area contributed by atoms with E-state index in [9.17, 15) is 14.4 Å². The molecule has 0 unspecified atom stereocenters. The number of nitrogens with two attached hydrogens (primary N) is 1. The fraction of sp³-hybridized carbons (Fsp3) is 0.400. The van der Waals surface area contributed by atoms with Crippen LogP contribution in [0, 0.1) is 0 Å². The maximum absolute atomic E-state index is 12.9. The van der Waals surface area contributed by atoms with E-state index in [4.69, 9.17) is 15.2 Å². The Morgan fingerprint density at radius 1 is 1.23 bits per heavy atom. The second kappa shape index (κ2) is 10.4. The van der Waals surface area contributed by atoms with E-state index in [1.807, 2.05) is 6.07 Å². The molecule has 1 aromatic carbocycles. The number of carbonyl (C=O) groups excluding carboxylic acids is 3. The van der Waals surface area contributed by atoms with Gasteiger partial charge in [0.25, 0.3) is 5.91 Å². The third-order valence-corrected chi connectivity index (χ3v) is 4.68. The zero-order valence-electron chi connectivity index (χ0n) is 16.5. The fourth-order valence-corrected chi connectivity index (χ4v) is 3.06. The summed E-state index contributed by atoms with van der Waals surface area (Å²) in [7, 11) is 0. The lowest BCUT2D eigenvalue weighted by atomic mass is 10.1. The Morgan fingerprint density at radius 2 is 1.97 bits per heavy atom. The van der Waals surface area contributed by atoms with Gasteiger partial charge in [-0.25, -0.2) is 4.98 Å². The lowest BCUT2D eigenvalue weighted by Crippen LogP contribution is -2.52. The summed E-state index contributed by atoms with van der Waals surface area (Å²) in [5.74, 6) is -1.07. The lowest BCUT2D eigenvalue weighted by molar-refractivity contribution is -0.142. The Labute approximate surface area is 173 Å². The number of nitrogens with zero attached hydrogens (tertiary/aromatic N) is 2. The van der Waals surface area contributed by atoms with Crippen LogP contribution in [0.3, 0.4) is 0 Å². The van der Waals surface area contributed by atoms with Crippen LogP contribution in [0.5, 0.6) is 5.75 Å². The van der Waals surface area contributed by atoms with E-state index in [0.29, 0.717) is 37.7 Å². The molecule has 10 heteroatoms. The van der Waals surface area contributed by atoms with Gasteiger partial charge in [-0.1, -0.05) is 18.2 Å². The van der Waals surface area contributed by atoms with Gasteiger partial charge in [-0.3, -0.25) is 14.4 Å². The van der Waals surface area contributed by atoms with Crippen molar-refractivity contribution in [3.05, 3.63) is 48.5 Å². The highest BCUT2D eigenvalue weighted by atomic mass is 16.5. The van der Waals surface area contributed by atoms with Crippen LogP contribution >= 0.6 is 0 Å². The molecule has 1 fully saturated rings. The number of amides is 3. The average Bonchev–Trinajstić information content (AvgIpc) is 3.27. The zero-order valence-corrected chi connectivity index (χ0v) is 16.5. The van der Waals surface area contributed by atoms with Gasteiger partial charge in [0.2, 0.25) is 11.8 Å². The molecular weight excluding hydrogens is 390 g/mol. The molecule has 30 heavy (non-hydrogen) atoms. The highest BCUT2D eigenvalue weighted by molar-refractivity contribution is 5.91. The van der Waals surface area contributed by atoms with Gasteiger partial charge >= 0.3 is 0 Å². The number of para-hydroxylation sites is 1. The SMILES string of the molecule is NC(=O)[C@H](Cc1cnc[nH]1)NC(=O)[C@@H](CC(=O)N1CCOCC1)Oc1ccccc1. The molecular formula is C20H25N5O5. The van der Waals surface area contributed by atoms with Crippen molar-refractivity contribution in [1.29, 1.82) is 0 Å². The van der Waals surface area contributed by atoms with E-state index in [0.717, 1.165) is 0 Å². The first-order valence-corrected chi connectivity index (χ1v) is 9.67. The second-order valence-corrected chi connectivity index (χ2v) is 6.86. The molecule has 10 nitrogen and oxygen atoms in total. The number of nitrogens with one attached hydrogen (secondary N) is 2. The van der Waals surface area contributed by atoms with Crippen LogP contribution in [0.1, 0.15) is 12.1 Å². The Morgan fingerprint density at radius 3 is 2.60 bits per heavy atom. The van der Waals surface area contributed by atoms with Crippen molar-refractivity contribution in [1.82, 2.24) is 20.2 Å². The Bertz CT molecular complexity index is 837. The third kappa shape index (κ3) is 6.05. The van der Waals surface area contributed by atoms with E-state index < -0.39 is 24.0 Å². The Hall–Kier alpha value is -3.40. The summed E-state index contributed by atoms with van der Waals surface area (Å²) in [5, 5.41) is 2.60. The summed E-state index contributed by atoms with van der Waals surface area (Å²) in [4.78, 5) is 45.9. The summed E-state index contributed by atoms with van der Waals surface area (Å²) < 4.78 is 11.1. The fourth-order valence-electron chi connectivity index (χ4n) is 3.06. The van der Waals surface area contributed by atoms with Crippen molar-refractivity contribution in [3.8, 4) is 5.75 Å². The molecule has 2 heterocycles. The van der Waals surface area contributed by atoms with Gasteiger partial charge < -0.3 is 30.4 Å². The van der Waals surface area contributed by atoms with Crippen molar-refractivity contribution in [2.24, 2.45) is 5.73 Å². The normalized spacial score (nSPS) is 15.8. The van der Waals surface area contributed by atoms with E-state index >= 15 is 0 Å². The van der Waals surface area contributed by atoms with Gasteiger partial charge in [-0.05, 0) is 12.1 Å². The molecule has 1 aliphatic heterocycles. The quantitative estimate of drug-likeness (QED) is 0.510. The first-order valence-electron chi connectivity index (χ1n) is 9.67. The van der Waals surface area contributed by atoms with Gasteiger partial charge in [-0.15, -0.1) is 0 Å². The Balaban J connectivity index is 1.70. The largest absolute Gasteiger partial charge is 0.480 e. The topological polar surface area (TPSA) is 140 Å². The minimum absolute atomic E-state index is 0.149. The summed E-state index contributed by atoms with van der Waals surface area (Å²) in [6.07, 6.45) is 1.87. The number of morpholine rings is 1. The molecule has 0 bridgehead atoms. The van der Waals surface area contributed by atoms with Crippen LogP contribution in [-0.4, -0.2) is 71.0 Å². The van der Waals surface area contributed by atoms with Crippen LogP contribution in [0.2, 0.25) is 0 Å². The molecule has 3 amide bonds. The number of rotatable bonds is 9. The van der Waals surface area contributed by atoms with Crippen LogP contribution in [0.15, 0.2) is 42.9 Å². The molecule has 1 aromatic heterocycles. The van der Waals surface area contributed by atoms with Crippen LogP contribution in [0.4, 0.5) is 0 Å². The molecule has 0 saturated carbocycles. The highest BCUT2D eigenvalue weighted by Gasteiger charge is 2.30. The van der Waals surface area contributed by atoms with Crippen molar-refractivity contribution in [2.45, 2.75) is 25.0 Å². The van der Waals surface area contributed by atoms with Crippen molar-refractivity contribution >= 4 is 17.7 Å². The van der Waals surface area contributed by atoms with Gasteiger partial charge in [0.05, 0.1) is 26.0 Å². The highest BCUT2D eigenvalue weighted by Crippen LogP contribution is 2.15. The molecule has 4 N–H and O–H groups in total. The van der Waals surface area contributed by atoms with E-state index in [-0.39, 0.29) is 18.7 Å². The van der Waals surface area contributed by atoms with E-state index in [1.165, 1.54) is 6.33 Å². The number of carbonyl (C=O) groups is 3. The minimum Gasteiger partial charge on any atom is -0.480 e. The monoisotopic (exact) mass is 415 g/mol. The number of hydrogen-bond donors (Lipinski definition) is 3. The first-order chi connectivity index (χ1) is 14.5. The molecule has 2 aromatic rings. The van der Waals surface area contributed by atoms with Crippen LogP contribution in [-0.2, 0) is 25.5 Å². The number of imidazole rings is 1. The van der Waals surface area contributed by atoms with Gasteiger partial charge in [0.15, 0.2) is 6.10 Å². The molecule has 3 rings (SSSR count). The maximum Gasteiger partial charge on any atom is 0.262 e. The number of primary amides is 1. The minimum atomic E-state index is -1.12. The Kier molecular flexibility index (Phi) is 7.39. The van der Waals surface area contributed by atoms with Crippen molar-refractivity contribution in [2.75, 3.05) is 26.3 Å². The van der Waals surface area contributed by atoms with Crippen LogP contribution in [0.25, 0.3) is 0 Å². The molecule has 1 saturated heterocycles.